The quantitative estimate of drug-likeness (QED) is 0.735. The third-order valence-electron chi connectivity index (χ3n) is 3.76. The lowest BCUT2D eigenvalue weighted by Crippen LogP contribution is -2.14. The maximum absolute atomic E-state index is 4.32. The Morgan fingerprint density at radius 2 is 2.13 bits per heavy atom. The molecule has 0 spiro atoms. The fourth-order valence-electron chi connectivity index (χ4n) is 2.92. The molecule has 1 N–H and O–H groups in total. The summed E-state index contributed by atoms with van der Waals surface area (Å²) < 4.78 is 1.87. The van der Waals surface area contributed by atoms with Gasteiger partial charge in [0.15, 0.2) is 0 Å². The molecule has 1 saturated carbocycles. The van der Waals surface area contributed by atoms with Gasteiger partial charge in [0.25, 0.3) is 0 Å². The van der Waals surface area contributed by atoms with Crippen LogP contribution in [0, 0.1) is 11.8 Å². The van der Waals surface area contributed by atoms with E-state index in [0.29, 0.717) is 5.92 Å². The van der Waals surface area contributed by atoms with E-state index in [-0.39, 0.29) is 0 Å². The molecule has 2 fully saturated rings. The van der Waals surface area contributed by atoms with Crippen molar-refractivity contribution in [2.24, 2.45) is 11.8 Å². The van der Waals surface area contributed by atoms with Crippen molar-refractivity contribution in [3.63, 3.8) is 0 Å². The van der Waals surface area contributed by atoms with Crippen molar-refractivity contribution in [1.82, 2.24) is 20.1 Å². The van der Waals surface area contributed by atoms with Crippen LogP contribution < -0.4 is 5.32 Å². The van der Waals surface area contributed by atoms with Gasteiger partial charge in [0.1, 0.15) is 0 Å². The minimum Gasteiger partial charge on any atom is -0.316 e. The lowest BCUT2D eigenvalue weighted by molar-refractivity contribution is 0.674. The summed E-state index contributed by atoms with van der Waals surface area (Å²) in [7, 11) is 0. The highest BCUT2D eigenvalue weighted by molar-refractivity contribution is 5.54. The Morgan fingerprint density at radius 3 is 3.00 bits per heavy atom. The van der Waals surface area contributed by atoms with Gasteiger partial charge < -0.3 is 5.32 Å². The molecule has 4 nitrogen and oxygen atoms in total. The van der Waals surface area contributed by atoms with Crippen LogP contribution in [-0.4, -0.2) is 27.9 Å². The minimum atomic E-state index is 0.658. The average molecular weight is 200 g/mol. The number of hydrogen-bond acceptors (Lipinski definition) is 3. The lowest BCUT2D eigenvalue weighted by atomic mass is 10.2. The monoisotopic (exact) mass is 200 g/mol. The van der Waals surface area contributed by atoms with Gasteiger partial charge in [-0.3, -0.25) is 0 Å². The molecule has 0 aromatic carbocycles. The zero-order valence-corrected chi connectivity index (χ0v) is 8.30. The Balaban J connectivity index is 1.82. The molecule has 15 heavy (non-hydrogen) atoms. The second-order valence-electron chi connectivity index (χ2n) is 4.52. The van der Waals surface area contributed by atoms with Crippen LogP contribution in [0.2, 0.25) is 0 Å². The van der Waals surface area contributed by atoms with E-state index < -0.39 is 0 Å². The van der Waals surface area contributed by atoms with Gasteiger partial charge >= 0.3 is 0 Å². The smallest absolute Gasteiger partial charge is 0.0942 e. The van der Waals surface area contributed by atoms with E-state index in [2.05, 4.69) is 27.8 Å². The average Bonchev–Trinajstić information content (AvgIpc) is 2.73. The van der Waals surface area contributed by atoms with E-state index in [0.717, 1.165) is 24.9 Å². The first-order valence-electron chi connectivity index (χ1n) is 5.46. The summed E-state index contributed by atoms with van der Waals surface area (Å²) in [5.74, 6) is 2.28. The van der Waals surface area contributed by atoms with Crippen molar-refractivity contribution < 1.29 is 0 Å². The van der Waals surface area contributed by atoms with Gasteiger partial charge in [0, 0.05) is 12.1 Å². The van der Waals surface area contributed by atoms with Gasteiger partial charge in [-0.05, 0) is 37.1 Å². The third-order valence-corrected chi connectivity index (χ3v) is 3.76. The summed E-state index contributed by atoms with van der Waals surface area (Å²) in [6.45, 7) is 2.31. The number of piperidine rings is 1. The largest absolute Gasteiger partial charge is 0.316 e. The molecule has 1 aliphatic heterocycles. The molecule has 0 amide bonds. The summed E-state index contributed by atoms with van der Waals surface area (Å²) in [4.78, 5) is 0. The predicted octanol–water partition coefficient (Wildman–Crippen LogP) is 0.662. The van der Waals surface area contributed by atoms with Gasteiger partial charge in [-0.15, -0.1) is 5.10 Å². The standard InChI is InChI=1S/C11H12N4/c1-2-4-15-9(3-1)11(13-14-15)10-7-5-12-6-8(7)10/h1-4,7-8,10,12H,5-6H2/t7-,8+,10?. The van der Waals surface area contributed by atoms with Crippen molar-refractivity contribution in [3.8, 4) is 0 Å². The molecule has 1 aliphatic carbocycles. The predicted molar refractivity (Wildman–Crippen MR) is 55.6 cm³/mol. The molecule has 4 heteroatoms. The molecule has 2 aliphatic rings. The minimum absolute atomic E-state index is 0.658. The number of aromatic nitrogens is 3. The summed E-state index contributed by atoms with van der Waals surface area (Å²) in [6.07, 6.45) is 1.96. The SMILES string of the molecule is c1ccn2nnc(C3[C@H]4CNC[C@@H]34)c2c1. The van der Waals surface area contributed by atoms with Crippen LogP contribution in [0.4, 0.5) is 0 Å². The lowest BCUT2D eigenvalue weighted by Gasteiger charge is -2.00. The van der Waals surface area contributed by atoms with Crippen LogP contribution in [-0.2, 0) is 0 Å². The van der Waals surface area contributed by atoms with Gasteiger partial charge in [0.2, 0.25) is 0 Å². The Hall–Kier alpha value is -1.42. The van der Waals surface area contributed by atoms with E-state index in [1.165, 1.54) is 11.2 Å². The molecule has 2 aromatic heterocycles. The molecule has 1 unspecified atom stereocenters. The first-order valence-corrected chi connectivity index (χ1v) is 5.46. The van der Waals surface area contributed by atoms with Crippen LogP contribution in [0.15, 0.2) is 24.4 Å². The molecule has 4 rings (SSSR count). The Kier molecular flexibility index (Phi) is 1.34. The molecule has 1 saturated heterocycles. The van der Waals surface area contributed by atoms with Crippen molar-refractivity contribution in [3.05, 3.63) is 30.1 Å². The van der Waals surface area contributed by atoms with Crippen LogP contribution in [0.1, 0.15) is 11.6 Å². The molecule has 3 atom stereocenters. The molecule has 2 aromatic rings. The number of nitrogens with one attached hydrogen (secondary N) is 1. The second-order valence-corrected chi connectivity index (χ2v) is 4.52. The first-order chi connectivity index (χ1) is 7.45. The molecular formula is C11H12N4. The highest BCUT2D eigenvalue weighted by Crippen LogP contribution is 2.55. The Morgan fingerprint density at radius 1 is 1.27 bits per heavy atom. The van der Waals surface area contributed by atoms with Crippen molar-refractivity contribution >= 4 is 5.52 Å². The van der Waals surface area contributed by atoms with Crippen LogP contribution in [0.5, 0.6) is 0 Å². The van der Waals surface area contributed by atoms with Gasteiger partial charge in [-0.1, -0.05) is 11.3 Å². The number of nitrogens with zero attached hydrogens (tertiary/aromatic N) is 3. The molecule has 76 valence electrons. The van der Waals surface area contributed by atoms with Crippen LogP contribution >= 0.6 is 0 Å². The van der Waals surface area contributed by atoms with Gasteiger partial charge in [-0.25, -0.2) is 4.52 Å². The van der Waals surface area contributed by atoms with E-state index in [1.54, 1.807) is 0 Å². The first kappa shape index (κ1) is 7.82. The normalized spacial score (nSPS) is 33.2. The number of fused-ring (bicyclic) bond motifs is 2. The van der Waals surface area contributed by atoms with Gasteiger partial charge in [-0.2, -0.15) is 0 Å². The van der Waals surface area contributed by atoms with Crippen LogP contribution in [0.25, 0.3) is 5.52 Å². The van der Waals surface area contributed by atoms with Gasteiger partial charge in [0.05, 0.1) is 11.2 Å². The number of hydrogen-bond donors (Lipinski definition) is 1. The fourth-order valence-corrected chi connectivity index (χ4v) is 2.92. The third kappa shape index (κ3) is 0.946. The number of rotatable bonds is 1. The molecule has 3 heterocycles. The molecule has 0 bridgehead atoms. The number of pyridine rings is 1. The fraction of sp³-hybridized carbons (Fsp3) is 0.455. The van der Waals surface area contributed by atoms with E-state index in [4.69, 9.17) is 0 Å². The summed E-state index contributed by atoms with van der Waals surface area (Å²) in [6, 6.07) is 6.15. The van der Waals surface area contributed by atoms with Crippen molar-refractivity contribution in [2.45, 2.75) is 5.92 Å². The topological polar surface area (TPSA) is 42.2 Å². The summed E-state index contributed by atoms with van der Waals surface area (Å²) in [5, 5.41) is 11.9. The van der Waals surface area contributed by atoms with Crippen LogP contribution in [0.3, 0.4) is 0 Å². The summed E-state index contributed by atoms with van der Waals surface area (Å²) in [5.41, 5.74) is 2.38. The molecule has 0 radical (unpaired) electrons. The zero-order chi connectivity index (χ0) is 9.83. The maximum Gasteiger partial charge on any atom is 0.0942 e. The summed E-state index contributed by atoms with van der Waals surface area (Å²) >= 11 is 0. The Bertz CT molecular complexity index is 508. The Labute approximate surface area is 87.3 Å². The van der Waals surface area contributed by atoms with Crippen molar-refractivity contribution in [1.29, 1.82) is 0 Å². The van der Waals surface area contributed by atoms with E-state index >= 15 is 0 Å². The highest BCUT2D eigenvalue weighted by Gasteiger charge is 2.55. The molecular weight excluding hydrogens is 188 g/mol. The van der Waals surface area contributed by atoms with E-state index in [9.17, 15) is 0 Å². The zero-order valence-electron chi connectivity index (χ0n) is 8.30. The highest BCUT2D eigenvalue weighted by atomic mass is 15.4. The maximum atomic E-state index is 4.32. The van der Waals surface area contributed by atoms with Crippen molar-refractivity contribution in [2.75, 3.05) is 13.1 Å². The second kappa shape index (κ2) is 2.58. The van der Waals surface area contributed by atoms with E-state index in [1.807, 2.05) is 16.8 Å².